The average Bonchev–Trinajstić information content (AvgIpc) is 3.48. The second-order valence-electron chi connectivity index (χ2n) is 7.59. The first-order chi connectivity index (χ1) is 15.9. The van der Waals surface area contributed by atoms with Crippen LogP contribution in [0.1, 0.15) is 23.7 Å². The molecular weight excluding hydrogens is 468 g/mol. The van der Waals surface area contributed by atoms with Crippen LogP contribution in [0, 0.1) is 0 Å². The number of hydrogen-bond acceptors (Lipinski definition) is 7. The zero-order chi connectivity index (χ0) is 23.4. The number of nitrogens with zero attached hydrogens (tertiary/aromatic N) is 3. The topological polar surface area (TPSA) is 105 Å². The Balaban J connectivity index is 1.70. The monoisotopic (exact) mass is 492 g/mol. The smallest absolute Gasteiger partial charge is 0.243 e. The Bertz CT molecular complexity index is 1190. The Morgan fingerprint density at radius 3 is 2.42 bits per heavy atom. The summed E-state index contributed by atoms with van der Waals surface area (Å²) in [6.45, 7) is 1.07. The van der Waals surface area contributed by atoms with Crippen molar-refractivity contribution in [3.63, 3.8) is 0 Å². The van der Waals surface area contributed by atoms with Gasteiger partial charge in [-0.25, -0.2) is 8.42 Å². The van der Waals surface area contributed by atoms with Crippen molar-refractivity contribution in [1.82, 2.24) is 14.8 Å². The lowest BCUT2D eigenvalue weighted by molar-refractivity contribution is 0.193. The first-order valence-electron chi connectivity index (χ1n) is 10.4. The quantitative estimate of drug-likeness (QED) is 0.488. The summed E-state index contributed by atoms with van der Waals surface area (Å²) in [5, 5.41) is 9.10. The van der Waals surface area contributed by atoms with E-state index in [0.717, 1.165) is 12.0 Å². The standard InChI is InChI=1S/C22H25ClN4O5S/c1-30-18-4-3-5-19(31-2)20(18)27-21(16-10-12-32-14-16)24-25-22(27)26-33(28,29)13-11-15-6-8-17(23)9-7-15/h3-9,16H,10-14H2,1-2H3,(H,25,26). The average molecular weight is 493 g/mol. The van der Waals surface area contributed by atoms with Crippen molar-refractivity contribution in [1.29, 1.82) is 0 Å². The van der Waals surface area contributed by atoms with E-state index in [4.69, 9.17) is 25.8 Å². The molecule has 0 saturated carbocycles. The fourth-order valence-electron chi connectivity index (χ4n) is 3.73. The molecule has 0 spiro atoms. The molecule has 0 aliphatic carbocycles. The van der Waals surface area contributed by atoms with E-state index in [1.54, 1.807) is 47.0 Å². The van der Waals surface area contributed by atoms with Gasteiger partial charge in [-0.3, -0.25) is 9.29 Å². The number of anilines is 1. The molecule has 9 nitrogen and oxygen atoms in total. The molecule has 1 aliphatic rings. The van der Waals surface area contributed by atoms with Gasteiger partial charge in [0, 0.05) is 17.5 Å². The number of hydrogen-bond donors (Lipinski definition) is 1. The maximum Gasteiger partial charge on any atom is 0.243 e. The third kappa shape index (κ3) is 5.23. The molecule has 1 atom stereocenters. The number of aryl methyl sites for hydroxylation is 1. The number of aromatic nitrogens is 3. The van der Waals surface area contributed by atoms with Crippen LogP contribution in [0.4, 0.5) is 5.95 Å². The summed E-state index contributed by atoms with van der Waals surface area (Å²) >= 11 is 5.91. The van der Waals surface area contributed by atoms with Gasteiger partial charge in [-0.2, -0.15) is 0 Å². The highest BCUT2D eigenvalue weighted by Gasteiger charge is 2.30. The van der Waals surface area contributed by atoms with Crippen LogP contribution < -0.4 is 14.2 Å². The summed E-state index contributed by atoms with van der Waals surface area (Å²) in [5.41, 5.74) is 1.38. The molecule has 1 fully saturated rings. The van der Waals surface area contributed by atoms with Gasteiger partial charge in [0.2, 0.25) is 16.0 Å². The molecule has 1 aliphatic heterocycles. The Morgan fingerprint density at radius 1 is 1.12 bits per heavy atom. The van der Waals surface area contributed by atoms with Crippen LogP contribution in [0.2, 0.25) is 5.02 Å². The van der Waals surface area contributed by atoms with Crippen LogP contribution in [0.15, 0.2) is 42.5 Å². The molecule has 0 amide bonds. The second kappa shape index (κ2) is 9.98. The predicted molar refractivity (Wildman–Crippen MR) is 125 cm³/mol. The summed E-state index contributed by atoms with van der Waals surface area (Å²) in [7, 11) is -0.665. The van der Waals surface area contributed by atoms with Crippen LogP contribution in [-0.4, -0.2) is 56.4 Å². The zero-order valence-corrected chi connectivity index (χ0v) is 19.9. The number of sulfonamides is 1. The summed E-state index contributed by atoms with van der Waals surface area (Å²) in [4.78, 5) is 0. The van der Waals surface area contributed by atoms with E-state index >= 15 is 0 Å². The predicted octanol–water partition coefficient (Wildman–Crippen LogP) is 3.43. The number of benzene rings is 2. The Hall–Kier alpha value is -2.82. The number of ether oxygens (including phenoxy) is 3. The lowest BCUT2D eigenvalue weighted by Gasteiger charge is -2.19. The molecular formula is C22H25ClN4O5S. The van der Waals surface area contributed by atoms with E-state index < -0.39 is 10.0 Å². The minimum absolute atomic E-state index is 0.0422. The van der Waals surface area contributed by atoms with Gasteiger partial charge in [0.1, 0.15) is 23.0 Å². The van der Waals surface area contributed by atoms with Gasteiger partial charge in [-0.15, -0.1) is 10.2 Å². The maximum atomic E-state index is 13.0. The van der Waals surface area contributed by atoms with E-state index in [2.05, 4.69) is 14.9 Å². The molecule has 2 aromatic carbocycles. The van der Waals surface area contributed by atoms with Crippen LogP contribution in [0.3, 0.4) is 0 Å². The number of methoxy groups -OCH3 is 2. The molecule has 3 aromatic rings. The van der Waals surface area contributed by atoms with Gasteiger partial charge in [0.25, 0.3) is 0 Å². The highest BCUT2D eigenvalue weighted by molar-refractivity contribution is 7.92. The molecule has 176 valence electrons. The minimum atomic E-state index is -3.74. The van der Waals surface area contributed by atoms with E-state index in [1.807, 2.05) is 0 Å². The molecule has 4 rings (SSSR count). The summed E-state index contributed by atoms with van der Waals surface area (Å²) in [6, 6.07) is 12.4. The van der Waals surface area contributed by atoms with Crippen LogP contribution >= 0.6 is 11.6 Å². The van der Waals surface area contributed by atoms with Gasteiger partial charge in [-0.05, 0) is 42.7 Å². The first-order valence-corrected chi connectivity index (χ1v) is 12.4. The molecule has 0 radical (unpaired) electrons. The van der Waals surface area contributed by atoms with Crippen LogP contribution in [0.5, 0.6) is 11.5 Å². The molecule has 0 bridgehead atoms. The highest BCUT2D eigenvalue weighted by atomic mass is 35.5. The zero-order valence-electron chi connectivity index (χ0n) is 18.3. The Labute approximate surface area is 197 Å². The van der Waals surface area contributed by atoms with Crippen LogP contribution in [0.25, 0.3) is 5.69 Å². The maximum absolute atomic E-state index is 13.0. The van der Waals surface area contributed by atoms with Crippen molar-refractivity contribution >= 4 is 27.6 Å². The molecule has 1 aromatic heterocycles. The SMILES string of the molecule is COc1cccc(OC)c1-n1c(NS(=O)(=O)CCc2ccc(Cl)cc2)nnc1C1CCOC1. The Kier molecular flexibility index (Phi) is 7.06. The molecule has 33 heavy (non-hydrogen) atoms. The van der Waals surface area contributed by atoms with Crippen LogP contribution in [-0.2, 0) is 21.2 Å². The van der Waals surface area contributed by atoms with E-state index in [0.29, 0.717) is 47.7 Å². The molecule has 1 saturated heterocycles. The minimum Gasteiger partial charge on any atom is -0.494 e. The normalized spacial score (nSPS) is 16.0. The number of halogens is 1. The number of nitrogens with one attached hydrogen (secondary N) is 1. The summed E-state index contributed by atoms with van der Waals surface area (Å²) < 4.78 is 46.8. The van der Waals surface area contributed by atoms with Gasteiger partial charge >= 0.3 is 0 Å². The number of para-hydroxylation sites is 1. The first kappa shape index (κ1) is 23.3. The molecule has 1 unspecified atom stereocenters. The summed E-state index contributed by atoms with van der Waals surface area (Å²) in [5.74, 6) is 1.46. The van der Waals surface area contributed by atoms with Gasteiger partial charge < -0.3 is 14.2 Å². The van der Waals surface area contributed by atoms with Crippen molar-refractivity contribution < 1.29 is 22.6 Å². The lowest BCUT2D eigenvalue weighted by Crippen LogP contribution is -2.21. The van der Waals surface area contributed by atoms with Gasteiger partial charge in [0.15, 0.2) is 0 Å². The van der Waals surface area contributed by atoms with Gasteiger partial charge in [0.05, 0.1) is 26.6 Å². The van der Waals surface area contributed by atoms with Crippen molar-refractivity contribution in [3.05, 3.63) is 58.9 Å². The molecule has 11 heteroatoms. The fourth-order valence-corrected chi connectivity index (χ4v) is 4.87. The number of rotatable bonds is 9. The highest BCUT2D eigenvalue weighted by Crippen LogP contribution is 2.38. The molecule has 2 heterocycles. The summed E-state index contributed by atoms with van der Waals surface area (Å²) in [6.07, 6.45) is 1.07. The fraction of sp³-hybridized carbons (Fsp3) is 0.364. The third-order valence-corrected chi connectivity index (χ3v) is 6.91. The van der Waals surface area contributed by atoms with E-state index in [9.17, 15) is 8.42 Å². The lowest BCUT2D eigenvalue weighted by atomic mass is 10.1. The second-order valence-corrected chi connectivity index (χ2v) is 9.86. The van der Waals surface area contributed by atoms with Crippen molar-refractivity contribution in [2.24, 2.45) is 0 Å². The van der Waals surface area contributed by atoms with Crippen molar-refractivity contribution in [2.45, 2.75) is 18.8 Å². The molecule has 1 N–H and O–H groups in total. The van der Waals surface area contributed by atoms with E-state index in [1.165, 1.54) is 14.2 Å². The Morgan fingerprint density at radius 2 is 1.82 bits per heavy atom. The van der Waals surface area contributed by atoms with Crippen molar-refractivity contribution in [2.75, 3.05) is 37.9 Å². The van der Waals surface area contributed by atoms with E-state index in [-0.39, 0.29) is 17.6 Å². The largest absolute Gasteiger partial charge is 0.494 e. The van der Waals surface area contributed by atoms with Crippen molar-refractivity contribution in [3.8, 4) is 17.2 Å². The van der Waals surface area contributed by atoms with Gasteiger partial charge in [-0.1, -0.05) is 29.8 Å². The third-order valence-electron chi connectivity index (χ3n) is 5.43.